The first-order chi connectivity index (χ1) is 8.36. The fourth-order valence-corrected chi connectivity index (χ4v) is 2.98. The number of nitrogens with zero attached hydrogens (tertiary/aromatic N) is 3. The molecule has 0 radical (unpaired) electrons. The van der Waals surface area contributed by atoms with Gasteiger partial charge in [0.25, 0.3) is 22.6 Å². The van der Waals surface area contributed by atoms with E-state index in [1.54, 1.807) is 0 Å². The van der Waals surface area contributed by atoms with Gasteiger partial charge in [0.1, 0.15) is 0 Å². The highest BCUT2D eigenvalue weighted by atomic mass is 35.5. The highest BCUT2D eigenvalue weighted by Crippen LogP contribution is 2.09. The van der Waals surface area contributed by atoms with Crippen molar-refractivity contribution in [3.05, 3.63) is 0 Å². The molecule has 0 amide bonds. The molecule has 0 N–H and O–H groups in total. The van der Waals surface area contributed by atoms with Gasteiger partial charge in [0.05, 0.1) is 0 Å². The van der Waals surface area contributed by atoms with E-state index in [4.69, 9.17) is 34.8 Å². The van der Waals surface area contributed by atoms with Crippen molar-refractivity contribution in [3.8, 4) is 0 Å². The molecule has 1 saturated heterocycles. The topological polar surface area (TPSA) is 9.72 Å². The highest BCUT2D eigenvalue weighted by Gasteiger charge is 2.29. The number of alkyl halides is 3. The van der Waals surface area contributed by atoms with Gasteiger partial charge in [-0.25, -0.2) is 0 Å². The van der Waals surface area contributed by atoms with Crippen LogP contribution in [0.3, 0.4) is 0 Å². The summed E-state index contributed by atoms with van der Waals surface area (Å²) in [5.74, 6) is 0. The van der Waals surface area contributed by atoms with Gasteiger partial charge in [-0.1, -0.05) is 0 Å². The van der Waals surface area contributed by atoms with Crippen molar-refractivity contribution in [1.82, 2.24) is 14.2 Å². The van der Waals surface area contributed by atoms with Gasteiger partial charge in [-0.05, 0) is 40.4 Å². The molecule has 0 aromatic heterocycles. The van der Waals surface area contributed by atoms with Crippen LogP contribution in [0.5, 0.6) is 0 Å². The summed E-state index contributed by atoms with van der Waals surface area (Å²) in [4.78, 5) is 0. The van der Waals surface area contributed by atoms with Crippen molar-refractivity contribution in [3.63, 3.8) is 0 Å². The van der Waals surface area contributed by atoms with Crippen LogP contribution < -0.4 is 0 Å². The summed E-state index contributed by atoms with van der Waals surface area (Å²) in [6.07, 6.45) is 0. The van der Waals surface area contributed by atoms with Gasteiger partial charge < -0.3 is 14.2 Å². The van der Waals surface area contributed by atoms with Gasteiger partial charge in [0.2, 0.25) is 0 Å². The third-order valence-corrected chi connectivity index (χ3v) is 3.14. The number of halogens is 3. The molecular weight excluding hydrogens is 289 g/mol. The Morgan fingerprint density at radius 3 is 1.06 bits per heavy atom. The molecule has 0 spiro atoms. The smallest absolute Gasteiger partial charge is 0.270 e. The van der Waals surface area contributed by atoms with E-state index in [1.165, 1.54) is 0 Å². The van der Waals surface area contributed by atoms with E-state index in [0.29, 0.717) is 0 Å². The van der Waals surface area contributed by atoms with Crippen molar-refractivity contribution in [2.24, 2.45) is 0 Å². The molecule has 3 unspecified atom stereocenters. The minimum Gasteiger partial charge on any atom is -0.362 e. The Labute approximate surface area is 128 Å². The molecule has 18 heavy (non-hydrogen) atoms. The maximum atomic E-state index is 6.09. The third-order valence-electron chi connectivity index (χ3n) is 2.73. The van der Waals surface area contributed by atoms with Crippen LogP contribution in [0.25, 0.3) is 0 Å². The van der Waals surface area contributed by atoms with Crippen LogP contribution in [-0.2, 0) is 0 Å². The van der Waals surface area contributed by atoms with Gasteiger partial charge in [0.15, 0.2) is 0 Å². The quantitative estimate of drug-likeness (QED) is 0.525. The molecule has 3 atom stereocenters. The standard InChI is InChI=1S/C9H21B3Cl3N3/c1-7(13)4-16-10-17(5-8(2)14)12-18(11-16)6-9(3)15/h7-12H,4-6H2,1-3H3. The number of rotatable bonds is 6. The average molecular weight is 310 g/mol. The van der Waals surface area contributed by atoms with E-state index >= 15 is 0 Å². The SMILES string of the molecule is CC(Cl)CN1BN(CC(C)Cl)BN(CC(C)Cl)B1. The molecule has 0 saturated carbocycles. The summed E-state index contributed by atoms with van der Waals surface area (Å²) in [6.45, 7) is 8.75. The minimum absolute atomic E-state index is 0.161. The first-order valence-electron chi connectivity index (χ1n) is 6.46. The van der Waals surface area contributed by atoms with Crippen LogP contribution >= 0.6 is 34.8 Å². The molecule has 0 aromatic carbocycles. The Hall–Kier alpha value is 0.945. The lowest BCUT2D eigenvalue weighted by Gasteiger charge is -2.41. The molecule has 0 bridgehead atoms. The van der Waals surface area contributed by atoms with Crippen LogP contribution in [0.4, 0.5) is 0 Å². The lowest BCUT2D eigenvalue weighted by atomic mass is 9.73. The Morgan fingerprint density at radius 2 is 0.889 bits per heavy atom. The first kappa shape index (κ1) is 17.0. The normalized spacial score (nSPS) is 23.7. The zero-order valence-electron chi connectivity index (χ0n) is 11.5. The maximum Gasteiger partial charge on any atom is 0.270 e. The summed E-state index contributed by atoms with van der Waals surface area (Å²) in [7, 11) is 2.80. The molecule has 1 heterocycles. The van der Waals surface area contributed by atoms with Crippen LogP contribution in [0, 0.1) is 0 Å². The molecule has 3 nitrogen and oxygen atoms in total. The average Bonchev–Trinajstić information content (AvgIpc) is 2.12. The largest absolute Gasteiger partial charge is 0.362 e. The zero-order chi connectivity index (χ0) is 13.7. The molecule has 1 aliphatic rings. The van der Waals surface area contributed by atoms with E-state index < -0.39 is 0 Å². The molecule has 102 valence electrons. The van der Waals surface area contributed by atoms with Gasteiger partial charge >= 0.3 is 0 Å². The predicted octanol–water partition coefficient (Wildman–Crippen LogP) is 0.587. The first-order valence-corrected chi connectivity index (χ1v) is 7.77. The van der Waals surface area contributed by atoms with Crippen LogP contribution in [0.15, 0.2) is 0 Å². The molecule has 1 rings (SSSR count). The zero-order valence-corrected chi connectivity index (χ0v) is 13.7. The van der Waals surface area contributed by atoms with E-state index in [9.17, 15) is 0 Å². The number of hydrogen-bond donors (Lipinski definition) is 0. The van der Waals surface area contributed by atoms with E-state index in [2.05, 4.69) is 14.2 Å². The molecule has 0 aromatic rings. The van der Waals surface area contributed by atoms with Crippen molar-refractivity contribution in [2.45, 2.75) is 36.9 Å². The lowest BCUT2D eigenvalue weighted by Crippen LogP contribution is -2.63. The minimum atomic E-state index is 0.161. The van der Waals surface area contributed by atoms with Crippen LogP contribution in [0.1, 0.15) is 20.8 Å². The second kappa shape index (κ2) is 8.28. The van der Waals surface area contributed by atoms with Gasteiger partial charge in [-0.2, -0.15) is 0 Å². The maximum absolute atomic E-state index is 6.09. The molecule has 0 aliphatic carbocycles. The summed E-state index contributed by atoms with van der Waals surface area (Å²) in [5.41, 5.74) is 0. The van der Waals surface area contributed by atoms with Gasteiger partial charge in [0, 0.05) is 16.1 Å². The third kappa shape index (κ3) is 6.92. The van der Waals surface area contributed by atoms with E-state index in [1.807, 2.05) is 20.8 Å². The monoisotopic (exact) mass is 309 g/mol. The fourth-order valence-electron chi connectivity index (χ4n) is 2.40. The predicted molar refractivity (Wildman–Crippen MR) is 87.5 cm³/mol. The Balaban J connectivity index is 2.54. The van der Waals surface area contributed by atoms with E-state index in [0.717, 1.165) is 42.3 Å². The van der Waals surface area contributed by atoms with Crippen molar-refractivity contribution < 1.29 is 0 Å². The van der Waals surface area contributed by atoms with Crippen molar-refractivity contribution >= 4 is 57.5 Å². The second-order valence-electron chi connectivity index (χ2n) is 5.33. The van der Waals surface area contributed by atoms with Gasteiger partial charge in [-0.3, -0.25) is 0 Å². The van der Waals surface area contributed by atoms with E-state index in [-0.39, 0.29) is 16.1 Å². The number of hydrogen-bond acceptors (Lipinski definition) is 3. The second-order valence-corrected chi connectivity index (χ2v) is 7.56. The summed E-state index contributed by atoms with van der Waals surface area (Å²) >= 11 is 18.3. The molecule has 9 heteroatoms. The fraction of sp³-hybridized carbons (Fsp3) is 1.00. The van der Waals surface area contributed by atoms with Gasteiger partial charge in [-0.15, -0.1) is 34.8 Å². The molecular formula is C9H21B3Cl3N3. The van der Waals surface area contributed by atoms with Crippen LogP contribution in [0.2, 0.25) is 0 Å². The summed E-state index contributed by atoms with van der Waals surface area (Å²) < 4.78 is 7.04. The highest BCUT2D eigenvalue weighted by molar-refractivity contribution is 6.64. The molecule has 1 fully saturated rings. The summed E-state index contributed by atoms with van der Waals surface area (Å²) in [5, 5.41) is 0.482. The Bertz CT molecular complexity index is 202. The van der Waals surface area contributed by atoms with Crippen molar-refractivity contribution in [1.29, 1.82) is 0 Å². The molecule has 1 aliphatic heterocycles. The Kier molecular flexibility index (Phi) is 7.82. The lowest BCUT2D eigenvalue weighted by molar-refractivity contribution is 0.475. The van der Waals surface area contributed by atoms with Crippen LogP contribution in [-0.4, -0.2) is 72.6 Å². The Morgan fingerprint density at radius 1 is 0.667 bits per heavy atom. The van der Waals surface area contributed by atoms with Crippen molar-refractivity contribution in [2.75, 3.05) is 19.6 Å². The summed E-state index contributed by atoms with van der Waals surface area (Å²) in [6, 6.07) is 0.